The Morgan fingerprint density at radius 3 is 2.72 bits per heavy atom. The second-order valence-electron chi connectivity index (χ2n) is 4.97. The van der Waals surface area contributed by atoms with Gasteiger partial charge < -0.3 is 5.32 Å². The highest BCUT2D eigenvalue weighted by Crippen LogP contribution is 2.28. The second-order valence-corrected chi connectivity index (χ2v) is 4.97. The van der Waals surface area contributed by atoms with Crippen LogP contribution in [0.4, 0.5) is 5.82 Å². The molecule has 0 radical (unpaired) electrons. The van der Waals surface area contributed by atoms with Gasteiger partial charge in [-0.3, -0.25) is 0 Å². The van der Waals surface area contributed by atoms with Crippen LogP contribution in [0.2, 0.25) is 0 Å². The first-order valence-electron chi connectivity index (χ1n) is 6.84. The van der Waals surface area contributed by atoms with Crippen molar-refractivity contribution in [3.63, 3.8) is 0 Å². The summed E-state index contributed by atoms with van der Waals surface area (Å²) in [7, 11) is 0. The van der Waals surface area contributed by atoms with E-state index in [9.17, 15) is 0 Å². The number of unbranched alkanes of at least 4 members (excludes halogenated alkanes) is 1. The number of nitrogens with zero attached hydrogens (tertiary/aromatic N) is 3. The topological polar surface area (TPSA) is 61.6 Å². The third-order valence-corrected chi connectivity index (χ3v) is 3.59. The van der Waals surface area contributed by atoms with Gasteiger partial charge in [-0.05, 0) is 12.3 Å². The molecular formula is C14H20N4. The Balaban J connectivity index is 1.58. The lowest BCUT2D eigenvalue weighted by Gasteiger charge is -2.08. The summed E-state index contributed by atoms with van der Waals surface area (Å²) in [4.78, 5) is 8.10. The lowest BCUT2D eigenvalue weighted by Crippen LogP contribution is -2.04. The maximum absolute atomic E-state index is 8.61. The van der Waals surface area contributed by atoms with Crippen LogP contribution in [0.15, 0.2) is 12.4 Å². The van der Waals surface area contributed by atoms with Crippen molar-refractivity contribution < 1.29 is 0 Å². The molecule has 1 saturated carbocycles. The summed E-state index contributed by atoms with van der Waals surface area (Å²) < 4.78 is 0. The molecule has 1 aliphatic carbocycles. The first-order valence-corrected chi connectivity index (χ1v) is 6.84. The number of nitriles is 1. The fourth-order valence-electron chi connectivity index (χ4n) is 2.55. The minimum atomic E-state index is 0.363. The number of hydrogen-bond acceptors (Lipinski definition) is 4. The van der Waals surface area contributed by atoms with E-state index < -0.39 is 0 Å². The molecule has 0 aromatic carbocycles. The van der Waals surface area contributed by atoms with Crippen molar-refractivity contribution in [2.75, 3.05) is 11.9 Å². The lowest BCUT2D eigenvalue weighted by atomic mass is 10.0. The minimum Gasteiger partial charge on any atom is -0.369 e. The highest BCUT2D eigenvalue weighted by molar-refractivity contribution is 5.32. The van der Waals surface area contributed by atoms with Crippen LogP contribution in [0.25, 0.3) is 0 Å². The van der Waals surface area contributed by atoms with Crippen LogP contribution in [-0.2, 0) is 0 Å². The van der Waals surface area contributed by atoms with Crippen LogP contribution in [0.1, 0.15) is 50.6 Å². The average molecular weight is 244 g/mol. The summed E-state index contributed by atoms with van der Waals surface area (Å²) in [5.41, 5.74) is 0.363. The van der Waals surface area contributed by atoms with Crippen molar-refractivity contribution in [1.82, 2.24) is 9.97 Å². The average Bonchev–Trinajstić information content (AvgIpc) is 2.92. The molecule has 0 bridgehead atoms. The zero-order valence-corrected chi connectivity index (χ0v) is 10.7. The molecule has 1 heterocycles. The fourth-order valence-corrected chi connectivity index (χ4v) is 2.55. The zero-order valence-electron chi connectivity index (χ0n) is 10.7. The molecule has 0 unspecified atom stereocenters. The van der Waals surface area contributed by atoms with Gasteiger partial charge in [0.25, 0.3) is 0 Å². The van der Waals surface area contributed by atoms with Crippen molar-refractivity contribution in [2.45, 2.75) is 44.9 Å². The maximum atomic E-state index is 8.61. The van der Waals surface area contributed by atoms with Crippen LogP contribution >= 0.6 is 0 Å². The molecule has 96 valence electrons. The van der Waals surface area contributed by atoms with Gasteiger partial charge in [0.05, 0.1) is 12.4 Å². The summed E-state index contributed by atoms with van der Waals surface area (Å²) in [6, 6.07) is 1.96. The van der Waals surface area contributed by atoms with Gasteiger partial charge in [0.2, 0.25) is 0 Å². The quantitative estimate of drug-likeness (QED) is 0.781. The molecule has 1 N–H and O–H groups in total. The first-order chi connectivity index (χ1) is 8.88. The van der Waals surface area contributed by atoms with E-state index in [1.54, 1.807) is 6.20 Å². The van der Waals surface area contributed by atoms with E-state index in [2.05, 4.69) is 15.3 Å². The van der Waals surface area contributed by atoms with Crippen LogP contribution in [-0.4, -0.2) is 16.5 Å². The van der Waals surface area contributed by atoms with Gasteiger partial charge >= 0.3 is 0 Å². The zero-order chi connectivity index (χ0) is 12.6. The van der Waals surface area contributed by atoms with E-state index in [4.69, 9.17) is 5.26 Å². The van der Waals surface area contributed by atoms with Crippen molar-refractivity contribution >= 4 is 5.82 Å². The molecule has 1 fully saturated rings. The first kappa shape index (κ1) is 12.8. The molecule has 18 heavy (non-hydrogen) atoms. The fraction of sp³-hybridized carbons (Fsp3) is 0.643. The van der Waals surface area contributed by atoms with Crippen molar-refractivity contribution in [2.24, 2.45) is 5.92 Å². The van der Waals surface area contributed by atoms with Crippen molar-refractivity contribution in [3.05, 3.63) is 18.1 Å². The van der Waals surface area contributed by atoms with Crippen LogP contribution in [0, 0.1) is 17.2 Å². The highest BCUT2D eigenvalue weighted by atomic mass is 15.0. The number of hydrogen-bond donors (Lipinski definition) is 1. The molecule has 0 spiro atoms. The van der Waals surface area contributed by atoms with E-state index in [0.29, 0.717) is 5.69 Å². The molecule has 1 aliphatic rings. The van der Waals surface area contributed by atoms with Gasteiger partial charge in [0, 0.05) is 6.54 Å². The van der Waals surface area contributed by atoms with Crippen molar-refractivity contribution in [1.29, 1.82) is 5.26 Å². The third-order valence-electron chi connectivity index (χ3n) is 3.59. The van der Waals surface area contributed by atoms with Crippen LogP contribution < -0.4 is 5.32 Å². The van der Waals surface area contributed by atoms with Gasteiger partial charge in [-0.2, -0.15) is 5.26 Å². The minimum absolute atomic E-state index is 0.363. The van der Waals surface area contributed by atoms with Gasteiger partial charge in [-0.25, -0.2) is 9.97 Å². The van der Waals surface area contributed by atoms with Gasteiger partial charge in [0.15, 0.2) is 5.69 Å². The highest BCUT2D eigenvalue weighted by Gasteiger charge is 2.13. The van der Waals surface area contributed by atoms with E-state index in [-0.39, 0.29) is 0 Å². The number of nitrogens with one attached hydrogen (secondary N) is 1. The van der Waals surface area contributed by atoms with E-state index in [0.717, 1.165) is 18.3 Å². The molecule has 4 heteroatoms. The number of aromatic nitrogens is 2. The summed E-state index contributed by atoms with van der Waals surface area (Å²) in [6.45, 7) is 0.938. The predicted octanol–water partition coefficient (Wildman–Crippen LogP) is 3.12. The third kappa shape index (κ3) is 3.99. The van der Waals surface area contributed by atoms with E-state index in [1.807, 2.05) is 6.07 Å². The van der Waals surface area contributed by atoms with Gasteiger partial charge in [0.1, 0.15) is 11.9 Å². The van der Waals surface area contributed by atoms with Gasteiger partial charge in [-0.1, -0.05) is 38.5 Å². The molecule has 2 rings (SSSR count). The molecule has 0 amide bonds. The molecule has 0 atom stereocenters. The monoisotopic (exact) mass is 244 g/mol. The Labute approximate surface area is 108 Å². The van der Waals surface area contributed by atoms with Crippen LogP contribution in [0.5, 0.6) is 0 Å². The molecule has 0 saturated heterocycles. The maximum Gasteiger partial charge on any atom is 0.158 e. The van der Waals surface area contributed by atoms with Gasteiger partial charge in [-0.15, -0.1) is 0 Å². The standard InChI is InChI=1S/C14H20N4/c15-9-13-10-18-14(11-17-13)16-8-4-3-7-12-5-1-2-6-12/h10-12H,1-8H2,(H,16,18). The summed E-state index contributed by atoms with van der Waals surface area (Å²) in [6.07, 6.45) is 12.7. The largest absolute Gasteiger partial charge is 0.369 e. The van der Waals surface area contributed by atoms with E-state index in [1.165, 1.54) is 51.1 Å². The summed E-state index contributed by atoms with van der Waals surface area (Å²) in [5.74, 6) is 1.74. The molecular weight excluding hydrogens is 224 g/mol. The molecule has 4 nitrogen and oxygen atoms in total. The normalized spacial score (nSPS) is 15.5. The SMILES string of the molecule is N#Cc1cnc(NCCCCC2CCCC2)cn1. The van der Waals surface area contributed by atoms with Crippen LogP contribution in [0.3, 0.4) is 0 Å². The Morgan fingerprint density at radius 1 is 1.22 bits per heavy atom. The molecule has 0 aliphatic heterocycles. The molecule has 1 aromatic rings. The number of anilines is 1. The Kier molecular flexibility index (Phi) is 4.95. The molecule has 1 aromatic heterocycles. The summed E-state index contributed by atoms with van der Waals surface area (Å²) in [5, 5.41) is 11.8. The Morgan fingerprint density at radius 2 is 2.06 bits per heavy atom. The Bertz CT molecular complexity index is 387. The van der Waals surface area contributed by atoms with E-state index >= 15 is 0 Å². The lowest BCUT2D eigenvalue weighted by molar-refractivity contribution is 0.477. The van der Waals surface area contributed by atoms with Crippen molar-refractivity contribution in [3.8, 4) is 6.07 Å². The smallest absolute Gasteiger partial charge is 0.158 e. The number of rotatable bonds is 6. The second kappa shape index (κ2) is 6.95. The predicted molar refractivity (Wildman–Crippen MR) is 71.0 cm³/mol. The Hall–Kier alpha value is -1.63. The summed E-state index contributed by atoms with van der Waals surface area (Å²) >= 11 is 0.